The van der Waals surface area contributed by atoms with Gasteiger partial charge in [-0.25, -0.2) is 15.0 Å². The van der Waals surface area contributed by atoms with Crippen LogP contribution in [-0.2, 0) is 6.42 Å². The van der Waals surface area contributed by atoms with Crippen molar-refractivity contribution in [2.45, 2.75) is 38.1 Å². The molecular formula is C32H37N7OS. The first-order chi connectivity index (χ1) is 20.2. The van der Waals surface area contributed by atoms with Gasteiger partial charge in [0.05, 0.1) is 10.8 Å². The maximum atomic E-state index is 6.38. The summed E-state index contributed by atoms with van der Waals surface area (Å²) in [5, 5.41) is 10.9. The fraction of sp³-hybridized carbons (Fsp3) is 0.344. The van der Waals surface area contributed by atoms with Gasteiger partial charge in [-0.15, -0.1) is 11.3 Å². The number of fused-ring (bicyclic) bond motifs is 1. The molecule has 5 aromatic rings. The van der Waals surface area contributed by atoms with E-state index in [1.54, 1.807) is 17.7 Å². The number of thiazole rings is 1. The number of aromatic nitrogens is 4. The van der Waals surface area contributed by atoms with Crippen LogP contribution in [0.3, 0.4) is 0 Å². The van der Waals surface area contributed by atoms with Crippen LogP contribution in [0.4, 0.5) is 5.82 Å². The Kier molecular flexibility index (Phi) is 8.85. The summed E-state index contributed by atoms with van der Waals surface area (Å²) in [5.74, 6) is 2.47. The molecule has 2 atom stereocenters. The molecule has 3 aromatic heterocycles. The van der Waals surface area contributed by atoms with Crippen molar-refractivity contribution in [3.63, 3.8) is 0 Å². The average molecular weight is 568 g/mol. The Hall–Kier alpha value is -3.79. The molecule has 1 fully saturated rings. The second kappa shape index (κ2) is 13.2. The summed E-state index contributed by atoms with van der Waals surface area (Å²) < 4.78 is 8.26. The molecule has 0 radical (unpaired) electrons. The van der Waals surface area contributed by atoms with Crippen molar-refractivity contribution in [2.75, 3.05) is 31.9 Å². The summed E-state index contributed by atoms with van der Waals surface area (Å²) in [6.45, 7) is 4.16. The lowest BCUT2D eigenvalue weighted by atomic mass is 10.1. The zero-order valence-electron chi connectivity index (χ0n) is 23.2. The Balaban J connectivity index is 1.03. The third kappa shape index (κ3) is 6.75. The summed E-state index contributed by atoms with van der Waals surface area (Å²) in [6, 6.07) is 20.7. The zero-order chi connectivity index (χ0) is 27.9. The number of ether oxygens (including phenoxy) is 1. The Labute approximate surface area is 245 Å². The van der Waals surface area contributed by atoms with Crippen LogP contribution < -0.4 is 21.1 Å². The van der Waals surface area contributed by atoms with Crippen molar-refractivity contribution in [2.24, 2.45) is 5.92 Å². The summed E-state index contributed by atoms with van der Waals surface area (Å²) in [5.41, 5.74) is 9.62. The minimum Gasteiger partial charge on any atom is -0.438 e. The van der Waals surface area contributed by atoms with Crippen molar-refractivity contribution in [3.8, 4) is 22.2 Å². The molecule has 3 heterocycles. The van der Waals surface area contributed by atoms with Crippen LogP contribution in [0, 0.1) is 5.92 Å². The number of nitrogens with two attached hydrogens (primary N) is 1. The summed E-state index contributed by atoms with van der Waals surface area (Å²) in [4.78, 5) is 13.7. The quantitative estimate of drug-likeness (QED) is 0.148. The molecule has 41 heavy (non-hydrogen) atoms. The summed E-state index contributed by atoms with van der Waals surface area (Å²) >= 11 is 1.55. The van der Waals surface area contributed by atoms with E-state index in [9.17, 15) is 0 Å². The molecule has 1 aliphatic carbocycles. The van der Waals surface area contributed by atoms with Gasteiger partial charge < -0.3 is 25.7 Å². The molecule has 6 rings (SSSR count). The first-order valence-electron chi connectivity index (χ1n) is 14.5. The van der Waals surface area contributed by atoms with Gasteiger partial charge in [0.25, 0.3) is 0 Å². The molecule has 0 spiro atoms. The predicted octanol–water partition coefficient (Wildman–Crippen LogP) is 6.08. The monoisotopic (exact) mass is 567 g/mol. The minimum absolute atomic E-state index is 0.381. The summed E-state index contributed by atoms with van der Waals surface area (Å²) in [6.07, 6.45) is 9.39. The highest BCUT2D eigenvalue weighted by Gasteiger charge is 2.29. The fourth-order valence-corrected chi connectivity index (χ4v) is 6.46. The maximum absolute atomic E-state index is 6.38. The highest BCUT2D eigenvalue weighted by atomic mass is 32.1. The zero-order valence-corrected chi connectivity index (χ0v) is 24.0. The standard InChI is InChI=1S/C32H37N7OS/c33-30-29-27(32-38-28(21-41-32)40-26-10-5-2-6-11-26)20-39(31(29)37-22-36-30)25-13-12-24(18-25)19-35-16-7-15-34-17-14-23-8-3-1-4-9-23/h1-6,8-11,20-22,24-25,34-35H,7,12-19H2,(H2,33,36,37). The molecule has 9 heteroatoms. The third-order valence-electron chi connectivity index (χ3n) is 7.80. The molecule has 0 saturated heterocycles. The fourth-order valence-electron chi connectivity index (χ4n) is 5.72. The second-order valence-electron chi connectivity index (χ2n) is 10.7. The highest BCUT2D eigenvalue weighted by Crippen LogP contribution is 2.41. The number of rotatable bonds is 13. The number of hydrogen-bond acceptors (Lipinski definition) is 8. The van der Waals surface area contributed by atoms with Crippen LogP contribution in [-0.4, -0.2) is 45.7 Å². The number of anilines is 1. The highest BCUT2D eigenvalue weighted by molar-refractivity contribution is 7.13. The van der Waals surface area contributed by atoms with Crippen LogP contribution >= 0.6 is 11.3 Å². The molecule has 8 nitrogen and oxygen atoms in total. The van der Waals surface area contributed by atoms with E-state index in [4.69, 9.17) is 15.5 Å². The first-order valence-corrected chi connectivity index (χ1v) is 15.4. The lowest BCUT2D eigenvalue weighted by Gasteiger charge is -2.15. The van der Waals surface area contributed by atoms with Gasteiger partial charge in [0.2, 0.25) is 5.88 Å². The number of nitrogen functional groups attached to an aromatic ring is 1. The van der Waals surface area contributed by atoms with E-state index in [2.05, 4.69) is 61.7 Å². The molecule has 0 aliphatic heterocycles. The predicted molar refractivity (Wildman–Crippen MR) is 166 cm³/mol. The smallest absolute Gasteiger partial charge is 0.230 e. The second-order valence-corrected chi connectivity index (χ2v) is 11.5. The molecule has 2 aromatic carbocycles. The van der Waals surface area contributed by atoms with Crippen molar-refractivity contribution in [1.29, 1.82) is 0 Å². The Morgan fingerprint density at radius 2 is 1.76 bits per heavy atom. The number of benzene rings is 2. The lowest BCUT2D eigenvalue weighted by Crippen LogP contribution is -2.26. The van der Waals surface area contributed by atoms with Crippen molar-refractivity contribution < 1.29 is 4.74 Å². The van der Waals surface area contributed by atoms with Gasteiger partial charge >= 0.3 is 0 Å². The Morgan fingerprint density at radius 3 is 2.61 bits per heavy atom. The van der Waals surface area contributed by atoms with Gasteiger partial charge in [-0.2, -0.15) is 0 Å². The van der Waals surface area contributed by atoms with Crippen LogP contribution in [0.15, 0.2) is 78.6 Å². The Morgan fingerprint density at radius 1 is 0.951 bits per heavy atom. The lowest BCUT2D eigenvalue weighted by molar-refractivity contribution is 0.452. The molecule has 212 valence electrons. The molecule has 1 aliphatic rings. The van der Waals surface area contributed by atoms with Gasteiger partial charge in [-0.3, -0.25) is 0 Å². The molecule has 2 unspecified atom stereocenters. The van der Waals surface area contributed by atoms with Gasteiger partial charge in [-0.1, -0.05) is 48.5 Å². The van der Waals surface area contributed by atoms with Gasteiger partial charge in [0.15, 0.2) is 0 Å². The van der Waals surface area contributed by atoms with Gasteiger partial charge in [0.1, 0.15) is 28.5 Å². The molecular weight excluding hydrogens is 530 g/mol. The molecule has 0 amide bonds. The van der Waals surface area contributed by atoms with Crippen molar-refractivity contribution >= 4 is 28.2 Å². The van der Waals surface area contributed by atoms with E-state index in [1.165, 1.54) is 12.0 Å². The van der Waals surface area contributed by atoms with Crippen molar-refractivity contribution in [1.82, 2.24) is 30.2 Å². The van der Waals surface area contributed by atoms with Crippen LogP contribution in [0.5, 0.6) is 11.6 Å². The minimum atomic E-state index is 0.381. The van der Waals surface area contributed by atoms with E-state index < -0.39 is 0 Å². The normalized spacial score (nSPS) is 16.9. The summed E-state index contributed by atoms with van der Waals surface area (Å²) in [7, 11) is 0. The van der Waals surface area contributed by atoms with E-state index in [1.807, 2.05) is 35.7 Å². The topological polar surface area (TPSA) is 103 Å². The number of hydrogen-bond donors (Lipinski definition) is 3. The van der Waals surface area contributed by atoms with Gasteiger partial charge in [-0.05, 0) is 81.9 Å². The van der Waals surface area contributed by atoms with Crippen molar-refractivity contribution in [3.05, 3.63) is 84.1 Å². The van der Waals surface area contributed by atoms with E-state index >= 15 is 0 Å². The number of nitrogens with one attached hydrogen (secondary N) is 2. The van der Waals surface area contributed by atoms with Crippen LogP contribution in [0.25, 0.3) is 21.6 Å². The SMILES string of the molecule is Nc1ncnc2c1c(-c1nc(Oc3ccccc3)cs1)cn2C1CCC(CNCCCNCCc2ccccc2)C1. The molecule has 1 saturated carbocycles. The van der Waals surface area contributed by atoms with Gasteiger partial charge in [0, 0.05) is 17.8 Å². The maximum Gasteiger partial charge on any atom is 0.230 e. The molecule has 0 bridgehead atoms. The molecule has 4 N–H and O–H groups in total. The van der Waals surface area contributed by atoms with E-state index in [0.29, 0.717) is 23.7 Å². The number of para-hydroxylation sites is 1. The number of nitrogens with zero attached hydrogens (tertiary/aromatic N) is 4. The largest absolute Gasteiger partial charge is 0.438 e. The van der Waals surface area contributed by atoms with Crippen LogP contribution in [0.2, 0.25) is 0 Å². The Bertz CT molecular complexity index is 1540. The van der Waals surface area contributed by atoms with E-state index in [0.717, 1.165) is 79.2 Å². The van der Waals surface area contributed by atoms with E-state index in [-0.39, 0.29) is 0 Å². The van der Waals surface area contributed by atoms with Crippen LogP contribution in [0.1, 0.15) is 37.3 Å². The average Bonchev–Trinajstić information content (AvgIpc) is 3.75. The third-order valence-corrected chi connectivity index (χ3v) is 8.65. The first kappa shape index (κ1) is 27.4.